The number of guanidine groups is 2. The van der Waals surface area contributed by atoms with Crippen LogP contribution in [0.3, 0.4) is 0 Å². The highest BCUT2D eigenvalue weighted by Crippen LogP contribution is 2.39. The van der Waals surface area contributed by atoms with Gasteiger partial charge in [-0.25, -0.2) is 4.99 Å². The molecular weight excluding hydrogens is 360 g/mol. The zero-order chi connectivity index (χ0) is 18.9. The second kappa shape index (κ2) is 7.03. The number of carbonyl (C=O) groups is 1. The molecule has 0 radical (unpaired) electrons. The summed E-state index contributed by atoms with van der Waals surface area (Å²) in [7, 11) is 0. The van der Waals surface area contributed by atoms with Crippen LogP contribution in [0.15, 0.2) is 51.8 Å². The normalized spacial score (nSPS) is 18.7. The van der Waals surface area contributed by atoms with Crippen LogP contribution in [0.5, 0.6) is 0 Å². The highest BCUT2D eigenvalue weighted by molar-refractivity contribution is 7.12. The van der Waals surface area contributed by atoms with Crippen LogP contribution in [0, 0.1) is 0 Å². The van der Waals surface area contributed by atoms with Crippen LogP contribution in [0.2, 0.25) is 0 Å². The van der Waals surface area contributed by atoms with Crippen LogP contribution < -0.4 is 21.7 Å². The van der Waals surface area contributed by atoms with Gasteiger partial charge < -0.3 is 16.8 Å². The van der Waals surface area contributed by atoms with Crippen molar-refractivity contribution in [2.75, 3.05) is 10.2 Å². The number of carbonyl (C=O) groups excluding carboxylic acids is 1. The lowest BCUT2D eigenvalue weighted by molar-refractivity contribution is 0.103. The Morgan fingerprint density at radius 1 is 1.15 bits per heavy atom. The number of amides is 1. The van der Waals surface area contributed by atoms with Gasteiger partial charge in [0.15, 0.2) is 0 Å². The molecule has 0 unspecified atom stereocenters. The molecule has 1 aromatic carbocycles. The molecule has 8 heteroatoms. The van der Waals surface area contributed by atoms with E-state index in [-0.39, 0.29) is 11.9 Å². The second-order valence-corrected chi connectivity index (χ2v) is 7.75. The molecular formula is C19H22N6OS. The first-order valence-electron chi connectivity index (χ1n) is 9.02. The Kier molecular flexibility index (Phi) is 4.57. The lowest BCUT2D eigenvalue weighted by Gasteiger charge is -2.45. The number of nitrogens with zero attached hydrogens (tertiary/aromatic N) is 3. The highest BCUT2D eigenvalue weighted by Gasteiger charge is 2.42. The second-order valence-electron chi connectivity index (χ2n) is 6.80. The largest absolute Gasteiger partial charge is 0.369 e. The lowest BCUT2D eigenvalue weighted by atomic mass is 9.87. The highest BCUT2D eigenvalue weighted by atomic mass is 32.1. The van der Waals surface area contributed by atoms with Gasteiger partial charge in [0.2, 0.25) is 11.9 Å². The zero-order valence-electron chi connectivity index (χ0n) is 14.9. The molecule has 1 aromatic heterocycles. The zero-order valence-corrected chi connectivity index (χ0v) is 15.7. The van der Waals surface area contributed by atoms with Gasteiger partial charge in [0.25, 0.3) is 5.91 Å². The first kappa shape index (κ1) is 17.5. The molecule has 2 aliphatic rings. The van der Waals surface area contributed by atoms with Gasteiger partial charge in [-0.15, -0.1) is 11.3 Å². The van der Waals surface area contributed by atoms with Gasteiger partial charge in [-0.3, -0.25) is 9.69 Å². The van der Waals surface area contributed by atoms with Crippen molar-refractivity contribution in [3.63, 3.8) is 0 Å². The standard InChI is InChI=1S/C19H22N6OS/c20-17-23-18(21)25(19(24-17)9-2-1-3-10-19)14-7-4-6-13(12-14)22-16(26)15-8-5-11-27-15/h4-8,11-12H,1-3,9-10H2,(H,22,26)(H4,20,21,23,24). The first-order chi connectivity index (χ1) is 13.1. The number of anilines is 2. The van der Waals surface area contributed by atoms with Crippen molar-refractivity contribution in [3.05, 3.63) is 46.7 Å². The first-order valence-corrected chi connectivity index (χ1v) is 9.90. The van der Waals surface area contributed by atoms with Crippen molar-refractivity contribution in [1.29, 1.82) is 0 Å². The fraction of sp³-hybridized carbons (Fsp3) is 0.316. The van der Waals surface area contributed by atoms with Crippen molar-refractivity contribution in [2.45, 2.75) is 37.8 Å². The summed E-state index contributed by atoms with van der Waals surface area (Å²) in [4.78, 5) is 23.9. The molecule has 0 atom stereocenters. The SMILES string of the molecule is NC1=NC2(CCCCC2)N(c2cccc(NC(=O)c3cccs3)c2)C(N)=N1. The van der Waals surface area contributed by atoms with Gasteiger partial charge in [0.1, 0.15) is 5.66 Å². The van der Waals surface area contributed by atoms with Crippen molar-refractivity contribution in [2.24, 2.45) is 21.5 Å². The van der Waals surface area contributed by atoms with Gasteiger partial charge in [0, 0.05) is 11.4 Å². The van der Waals surface area contributed by atoms with E-state index in [4.69, 9.17) is 11.5 Å². The molecule has 0 bridgehead atoms. The summed E-state index contributed by atoms with van der Waals surface area (Å²) >= 11 is 1.41. The van der Waals surface area contributed by atoms with E-state index in [0.717, 1.165) is 31.4 Å². The molecule has 0 saturated heterocycles. The lowest BCUT2D eigenvalue weighted by Crippen LogP contribution is -2.58. The molecule has 4 rings (SSSR count). The maximum absolute atomic E-state index is 12.4. The third-order valence-corrected chi connectivity index (χ3v) is 5.83. The third-order valence-electron chi connectivity index (χ3n) is 4.96. The third kappa shape index (κ3) is 3.40. The van der Waals surface area contributed by atoms with E-state index >= 15 is 0 Å². The Labute approximate surface area is 161 Å². The molecule has 1 spiro atoms. The Balaban J connectivity index is 1.65. The van der Waals surface area contributed by atoms with Crippen molar-refractivity contribution < 1.29 is 4.79 Å². The molecule has 1 saturated carbocycles. The minimum absolute atomic E-state index is 0.128. The van der Waals surface area contributed by atoms with Crippen LogP contribution >= 0.6 is 11.3 Å². The predicted molar refractivity (Wildman–Crippen MR) is 110 cm³/mol. The van der Waals surface area contributed by atoms with Crippen molar-refractivity contribution in [3.8, 4) is 0 Å². The van der Waals surface area contributed by atoms with Crippen molar-refractivity contribution >= 4 is 40.5 Å². The van der Waals surface area contributed by atoms with E-state index in [9.17, 15) is 4.79 Å². The number of benzene rings is 1. The Morgan fingerprint density at radius 3 is 2.70 bits per heavy atom. The fourth-order valence-electron chi connectivity index (χ4n) is 3.82. The minimum Gasteiger partial charge on any atom is -0.369 e. The predicted octanol–water partition coefficient (Wildman–Crippen LogP) is 3.11. The Morgan fingerprint density at radius 2 is 1.96 bits per heavy atom. The van der Waals surface area contributed by atoms with Gasteiger partial charge in [0.05, 0.1) is 4.88 Å². The number of aliphatic imine (C=N–C) groups is 2. The van der Waals surface area contributed by atoms with E-state index < -0.39 is 5.66 Å². The molecule has 1 aliphatic carbocycles. The maximum Gasteiger partial charge on any atom is 0.265 e. The number of nitrogens with two attached hydrogens (primary N) is 2. The monoisotopic (exact) mass is 382 g/mol. The van der Waals surface area contributed by atoms with Crippen LogP contribution in [-0.2, 0) is 0 Å². The maximum atomic E-state index is 12.4. The van der Waals surface area contributed by atoms with E-state index in [2.05, 4.69) is 15.3 Å². The van der Waals surface area contributed by atoms with E-state index in [1.54, 1.807) is 6.07 Å². The summed E-state index contributed by atoms with van der Waals surface area (Å²) in [5, 5.41) is 4.82. The average Bonchev–Trinajstić information content (AvgIpc) is 3.17. The molecule has 2 heterocycles. The van der Waals surface area contributed by atoms with Gasteiger partial charge >= 0.3 is 0 Å². The summed E-state index contributed by atoms with van der Waals surface area (Å²) in [6, 6.07) is 11.3. The molecule has 27 heavy (non-hydrogen) atoms. The smallest absolute Gasteiger partial charge is 0.265 e. The summed E-state index contributed by atoms with van der Waals surface area (Å²) in [6.07, 6.45) is 5.05. The number of nitrogens with one attached hydrogen (secondary N) is 1. The molecule has 1 fully saturated rings. The topological polar surface area (TPSA) is 109 Å². The molecule has 1 aliphatic heterocycles. The van der Waals surface area contributed by atoms with E-state index in [1.165, 1.54) is 17.8 Å². The minimum atomic E-state index is -0.495. The van der Waals surface area contributed by atoms with Crippen LogP contribution in [-0.4, -0.2) is 23.5 Å². The summed E-state index contributed by atoms with van der Waals surface area (Å²) in [5.74, 6) is 0.441. The molecule has 7 nitrogen and oxygen atoms in total. The Hall–Kier alpha value is -2.87. The number of thiophene rings is 1. The quantitative estimate of drug-likeness (QED) is 0.758. The fourth-order valence-corrected chi connectivity index (χ4v) is 4.44. The number of hydrogen-bond donors (Lipinski definition) is 3. The number of rotatable bonds is 3. The van der Waals surface area contributed by atoms with Crippen LogP contribution in [0.4, 0.5) is 11.4 Å². The van der Waals surface area contributed by atoms with Gasteiger partial charge in [-0.05, 0) is 55.3 Å². The van der Waals surface area contributed by atoms with E-state index in [1.807, 2.05) is 40.6 Å². The van der Waals surface area contributed by atoms with Crippen molar-refractivity contribution in [1.82, 2.24) is 0 Å². The number of hydrogen-bond acceptors (Lipinski definition) is 7. The van der Waals surface area contributed by atoms with Gasteiger partial charge in [-0.1, -0.05) is 18.6 Å². The average molecular weight is 382 g/mol. The Bertz CT molecular complexity index is 899. The van der Waals surface area contributed by atoms with Crippen LogP contribution in [0.1, 0.15) is 41.8 Å². The molecule has 5 N–H and O–H groups in total. The van der Waals surface area contributed by atoms with Gasteiger partial charge in [-0.2, -0.15) is 4.99 Å². The van der Waals surface area contributed by atoms with Crippen LogP contribution in [0.25, 0.3) is 0 Å². The molecule has 2 aromatic rings. The summed E-state index contributed by atoms with van der Waals surface area (Å²) in [5.41, 5.74) is 13.2. The molecule has 140 valence electrons. The molecule has 1 amide bonds. The summed E-state index contributed by atoms with van der Waals surface area (Å²) in [6.45, 7) is 0. The summed E-state index contributed by atoms with van der Waals surface area (Å²) < 4.78 is 0. The van der Waals surface area contributed by atoms with E-state index in [0.29, 0.717) is 16.5 Å².